The number of halogens is 1. The second kappa shape index (κ2) is 7.53. The molecule has 1 aliphatic rings. The quantitative estimate of drug-likeness (QED) is 0.662. The summed E-state index contributed by atoms with van der Waals surface area (Å²) in [6.45, 7) is 2.72. The number of carbonyl (C=O) groups excluding carboxylic acids is 1. The number of aromatic nitrogens is 2. The highest BCUT2D eigenvalue weighted by atomic mass is 35.5. The molecule has 3 aromatic rings. The Hall–Kier alpha value is -2.66. The molecule has 2 heterocycles. The number of benzene rings is 2. The van der Waals surface area contributed by atoms with Crippen LogP contribution in [0.4, 0.5) is 0 Å². The third-order valence-corrected chi connectivity index (χ3v) is 5.28. The van der Waals surface area contributed by atoms with Gasteiger partial charge >= 0.3 is 0 Å². The maximum atomic E-state index is 12.8. The van der Waals surface area contributed by atoms with Gasteiger partial charge in [0.05, 0.1) is 6.42 Å². The van der Waals surface area contributed by atoms with E-state index in [1.165, 1.54) is 5.56 Å². The van der Waals surface area contributed by atoms with Gasteiger partial charge in [-0.3, -0.25) is 4.79 Å². The molecule has 0 unspecified atom stereocenters. The number of carbonyl (C=O) groups is 1. The molecule has 1 atom stereocenters. The number of likely N-dealkylation sites (tertiary alicyclic amines) is 1. The maximum absolute atomic E-state index is 12.8. The molecule has 1 saturated heterocycles. The van der Waals surface area contributed by atoms with Crippen LogP contribution < -0.4 is 0 Å². The monoisotopic (exact) mass is 381 g/mol. The van der Waals surface area contributed by atoms with Crippen molar-refractivity contribution >= 4 is 17.5 Å². The van der Waals surface area contributed by atoms with Gasteiger partial charge in [0.25, 0.3) is 0 Å². The Morgan fingerprint density at radius 1 is 1.22 bits per heavy atom. The minimum atomic E-state index is -0.174. The van der Waals surface area contributed by atoms with Crippen molar-refractivity contribution < 1.29 is 9.32 Å². The lowest BCUT2D eigenvalue weighted by atomic mass is 10.1. The fourth-order valence-electron chi connectivity index (χ4n) is 3.42. The van der Waals surface area contributed by atoms with E-state index in [4.69, 9.17) is 16.1 Å². The predicted molar refractivity (Wildman–Crippen MR) is 103 cm³/mol. The molecular weight excluding hydrogens is 362 g/mol. The van der Waals surface area contributed by atoms with Gasteiger partial charge in [0.15, 0.2) is 0 Å². The summed E-state index contributed by atoms with van der Waals surface area (Å²) in [5, 5.41) is 4.72. The Balaban J connectivity index is 1.52. The molecule has 0 saturated carbocycles. The van der Waals surface area contributed by atoms with Crippen molar-refractivity contribution in [1.29, 1.82) is 0 Å². The SMILES string of the molecule is Cc1ccc(-c2noc([C@H]3CCCN3C(=O)Cc3ccccc3Cl)n2)cc1. The molecule has 27 heavy (non-hydrogen) atoms. The van der Waals surface area contributed by atoms with Gasteiger partial charge in [-0.05, 0) is 31.4 Å². The first-order valence-electron chi connectivity index (χ1n) is 9.05. The molecule has 5 nitrogen and oxygen atoms in total. The van der Waals surface area contributed by atoms with Gasteiger partial charge in [-0.1, -0.05) is 64.8 Å². The van der Waals surface area contributed by atoms with Gasteiger partial charge in [0, 0.05) is 17.1 Å². The summed E-state index contributed by atoms with van der Waals surface area (Å²) in [6, 6.07) is 15.2. The first-order valence-corrected chi connectivity index (χ1v) is 9.43. The molecule has 4 rings (SSSR count). The Bertz CT molecular complexity index is 952. The van der Waals surface area contributed by atoms with Crippen LogP contribution in [0.2, 0.25) is 5.02 Å². The van der Waals surface area contributed by atoms with Crippen LogP contribution in [0.15, 0.2) is 53.1 Å². The molecular formula is C21H20ClN3O2. The molecule has 0 bridgehead atoms. The number of nitrogens with zero attached hydrogens (tertiary/aromatic N) is 3. The smallest absolute Gasteiger partial charge is 0.249 e. The number of hydrogen-bond donors (Lipinski definition) is 0. The zero-order chi connectivity index (χ0) is 18.8. The lowest BCUT2D eigenvalue weighted by Crippen LogP contribution is -2.32. The van der Waals surface area contributed by atoms with Gasteiger partial charge in [0.1, 0.15) is 6.04 Å². The van der Waals surface area contributed by atoms with Crippen LogP contribution >= 0.6 is 11.6 Å². The van der Waals surface area contributed by atoms with Crippen molar-refractivity contribution in [3.8, 4) is 11.4 Å². The van der Waals surface area contributed by atoms with E-state index in [9.17, 15) is 4.79 Å². The highest BCUT2D eigenvalue weighted by Crippen LogP contribution is 2.33. The van der Waals surface area contributed by atoms with Crippen LogP contribution in [0.1, 0.15) is 35.9 Å². The number of aryl methyl sites for hydroxylation is 1. The van der Waals surface area contributed by atoms with Crippen molar-refractivity contribution in [3.63, 3.8) is 0 Å². The third kappa shape index (κ3) is 3.74. The summed E-state index contributed by atoms with van der Waals surface area (Å²) in [4.78, 5) is 19.2. The van der Waals surface area contributed by atoms with Gasteiger partial charge in [0.2, 0.25) is 17.6 Å². The molecule has 0 aliphatic carbocycles. The van der Waals surface area contributed by atoms with E-state index < -0.39 is 0 Å². The molecule has 1 amide bonds. The van der Waals surface area contributed by atoms with Crippen LogP contribution in [-0.2, 0) is 11.2 Å². The van der Waals surface area contributed by atoms with Crippen molar-refractivity contribution in [1.82, 2.24) is 15.0 Å². The van der Waals surface area contributed by atoms with Crippen molar-refractivity contribution in [3.05, 3.63) is 70.6 Å². The molecule has 1 aromatic heterocycles. The lowest BCUT2D eigenvalue weighted by molar-refractivity contribution is -0.131. The second-order valence-corrected chi connectivity index (χ2v) is 7.24. The van der Waals surface area contributed by atoms with E-state index >= 15 is 0 Å². The van der Waals surface area contributed by atoms with Gasteiger partial charge in [-0.15, -0.1) is 0 Å². The van der Waals surface area contributed by atoms with E-state index in [2.05, 4.69) is 10.1 Å². The fraction of sp³-hybridized carbons (Fsp3) is 0.286. The Kier molecular flexibility index (Phi) is 4.94. The predicted octanol–water partition coefficient (Wildman–Crippen LogP) is 4.60. The van der Waals surface area contributed by atoms with Crippen LogP contribution in [-0.4, -0.2) is 27.5 Å². The minimum Gasteiger partial charge on any atom is -0.337 e. The Morgan fingerprint density at radius 3 is 2.78 bits per heavy atom. The highest BCUT2D eigenvalue weighted by Gasteiger charge is 2.34. The largest absolute Gasteiger partial charge is 0.337 e. The molecule has 0 radical (unpaired) electrons. The van der Waals surface area contributed by atoms with E-state index in [0.717, 1.165) is 24.0 Å². The topological polar surface area (TPSA) is 59.2 Å². The first kappa shape index (κ1) is 17.7. The second-order valence-electron chi connectivity index (χ2n) is 6.84. The van der Waals surface area contributed by atoms with Crippen LogP contribution in [0.3, 0.4) is 0 Å². The highest BCUT2D eigenvalue weighted by molar-refractivity contribution is 6.31. The molecule has 0 N–H and O–H groups in total. The molecule has 2 aromatic carbocycles. The summed E-state index contributed by atoms with van der Waals surface area (Å²) in [7, 11) is 0. The number of hydrogen-bond acceptors (Lipinski definition) is 4. The maximum Gasteiger partial charge on any atom is 0.249 e. The van der Waals surface area contributed by atoms with E-state index in [1.807, 2.05) is 54.3 Å². The molecule has 1 aliphatic heterocycles. The van der Waals surface area contributed by atoms with Gasteiger partial charge in [-0.2, -0.15) is 4.98 Å². The number of rotatable bonds is 4. The first-order chi connectivity index (χ1) is 13.1. The summed E-state index contributed by atoms with van der Waals surface area (Å²) in [6.07, 6.45) is 2.01. The Morgan fingerprint density at radius 2 is 2.00 bits per heavy atom. The standard InChI is InChI=1S/C21H20ClN3O2/c1-14-8-10-15(11-9-14)20-23-21(27-24-20)18-7-4-12-25(18)19(26)13-16-5-2-3-6-17(16)22/h2-3,5-6,8-11,18H,4,7,12-13H2,1H3/t18-/m1/s1. The summed E-state index contributed by atoms with van der Waals surface area (Å²) < 4.78 is 5.51. The molecule has 0 spiro atoms. The molecule has 6 heteroatoms. The van der Waals surface area contributed by atoms with Gasteiger partial charge < -0.3 is 9.42 Å². The van der Waals surface area contributed by atoms with Crippen LogP contribution in [0, 0.1) is 6.92 Å². The van der Waals surface area contributed by atoms with Crippen LogP contribution in [0.5, 0.6) is 0 Å². The lowest BCUT2D eigenvalue weighted by Gasteiger charge is -2.22. The van der Waals surface area contributed by atoms with E-state index in [-0.39, 0.29) is 18.4 Å². The fourth-order valence-corrected chi connectivity index (χ4v) is 3.62. The van der Waals surface area contributed by atoms with Gasteiger partial charge in [-0.25, -0.2) is 0 Å². The van der Waals surface area contributed by atoms with E-state index in [0.29, 0.717) is 23.3 Å². The van der Waals surface area contributed by atoms with Crippen molar-refractivity contribution in [2.75, 3.05) is 6.54 Å². The van der Waals surface area contributed by atoms with Crippen molar-refractivity contribution in [2.24, 2.45) is 0 Å². The third-order valence-electron chi connectivity index (χ3n) is 4.91. The molecule has 138 valence electrons. The Labute approximate surface area is 163 Å². The summed E-state index contributed by atoms with van der Waals surface area (Å²) >= 11 is 6.20. The average Bonchev–Trinajstić information content (AvgIpc) is 3.33. The minimum absolute atomic E-state index is 0.0284. The number of amides is 1. The average molecular weight is 382 g/mol. The summed E-state index contributed by atoms with van der Waals surface area (Å²) in [5.74, 6) is 1.08. The normalized spacial score (nSPS) is 16.7. The van der Waals surface area contributed by atoms with E-state index in [1.54, 1.807) is 6.07 Å². The summed E-state index contributed by atoms with van der Waals surface area (Å²) in [5.41, 5.74) is 2.91. The zero-order valence-corrected chi connectivity index (χ0v) is 15.8. The van der Waals surface area contributed by atoms with Crippen LogP contribution in [0.25, 0.3) is 11.4 Å². The molecule has 1 fully saturated rings. The van der Waals surface area contributed by atoms with Crippen molar-refractivity contribution in [2.45, 2.75) is 32.2 Å². The zero-order valence-electron chi connectivity index (χ0n) is 15.1.